The van der Waals surface area contributed by atoms with E-state index in [0.717, 1.165) is 5.56 Å². The van der Waals surface area contributed by atoms with E-state index in [9.17, 15) is 4.39 Å². The number of benzene rings is 1. The van der Waals surface area contributed by atoms with Crippen LogP contribution in [0.1, 0.15) is 5.89 Å². The average Bonchev–Trinajstić information content (AvgIpc) is 3.34. The second-order valence-corrected chi connectivity index (χ2v) is 6.47. The molecule has 1 aromatic carbocycles. The third-order valence-electron chi connectivity index (χ3n) is 3.20. The van der Waals surface area contributed by atoms with Gasteiger partial charge >= 0.3 is 0 Å². The zero-order chi connectivity index (χ0) is 16.4. The quantitative estimate of drug-likeness (QED) is 0.505. The average molecular weight is 359 g/mol. The zero-order valence-electron chi connectivity index (χ0n) is 12.2. The third-order valence-corrected chi connectivity index (χ3v) is 4.81. The minimum Gasteiger partial charge on any atom is -0.338 e. The molecule has 0 spiro atoms. The summed E-state index contributed by atoms with van der Waals surface area (Å²) in [5.74, 6) is 1.12. The van der Waals surface area contributed by atoms with E-state index in [1.165, 1.54) is 24.2 Å². The molecule has 0 bridgehead atoms. The maximum Gasteiger partial charge on any atom is 0.237 e. The molecular formula is C15H10FN5OS2. The summed E-state index contributed by atoms with van der Waals surface area (Å²) in [4.78, 5) is 4.35. The van der Waals surface area contributed by atoms with Crippen LogP contribution < -0.4 is 0 Å². The lowest BCUT2D eigenvalue weighted by atomic mass is 10.3. The van der Waals surface area contributed by atoms with Gasteiger partial charge in [0.15, 0.2) is 5.16 Å². The summed E-state index contributed by atoms with van der Waals surface area (Å²) >= 11 is 2.92. The van der Waals surface area contributed by atoms with Gasteiger partial charge in [0.1, 0.15) is 12.1 Å². The minimum atomic E-state index is -0.336. The maximum absolute atomic E-state index is 13.9. The lowest BCUT2D eigenvalue weighted by molar-refractivity contribution is 0.391. The Kier molecular flexibility index (Phi) is 4.09. The number of hydrogen-bond acceptors (Lipinski definition) is 7. The van der Waals surface area contributed by atoms with Crippen molar-refractivity contribution < 1.29 is 8.91 Å². The van der Waals surface area contributed by atoms with Gasteiger partial charge in [0.05, 0.1) is 11.4 Å². The van der Waals surface area contributed by atoms with E-state index >= 15 is 0 Å². The van der Waals surface area contributed by atoms with Crippen LogP contribution in [0.4, 0.5) is 4.39 Å². The molecule has 9 heteroatoms. The Morgan fingerprint density at radius 3 is 3.00 bits per heavy atom. The van der Waals surface area contributed by atoms with Crippen LogP contribution in [0.2, 0.25) is 0 Å². The molecule has 0 radical (unpaired) electrons. The zero-order valence-corrected chi connectivity index (χ0v) is 13.8. The smallest absolute Gasteiger partial charge is 0.237 e. The first-order chi connectivity index (χ1) is 11.8. The number of rotatable bonds is 5. The van der Waals surface area contributed by atoms with Crippen LogP contribution >= 0.6 is 23.1 Å². The molecule has 0 amide bonds. The van der Waals surface area contributed by atoms with E-state index in [-0.39, 0.29) is 5.82 Å². The Balaban J connectivity index is 1.52. The molecule has 0 fully saturated rings. The van der Waals surface area contributed by atoms with Crippen molar-refractivity contribution >= 4 is 23.1 Å². The molecule has 3 heterocycles. The molecule has 120 valence electrons. The Bertz CT molecular complexity index is 950. The SMILES string of the molecule is Fc1ccccc1-n1cnnc1SCc1nc(-c2ccsc2)no1. The standard InChI is InChI=1S/C15H10FN5OS2/c16-11-3-1-2-4-12(11)21-9-17-19-15(21)24-8-13-18-14(20-22-13)10-5-6-23-7-10/h1-7,9H,8H2. The van der Waals surface area contributed by atoms with E-state index < -0.39 is 0 Å². The first-order valence-corrected chi connectivity index (χ1v) is 8.87. The van der Waals surface area contributed by atoms with Crippen LogP contribution in [0.5, 0.6) is 0 Å². The van der Waals surface area contributed by atoms with Crippen LogP contribution in [-0.4, -0.2) is 24.9 Å². The molecule has 0 unspecified atom stereocenters. The van der Waals surface area contributed by atoms with E-state index in [2.05, 4.69) is 20.3 Å². The summed E-state index contributed by atoms with van der Waals surface area (Å²) in [5.41, 5.74) is 1.32. The molecule has 0 atom stereocenters. The van der Waals surface area contributed by atoms with Crippen molar-refractivity contribution in [1.29, 1.82) is 0 Å². The van der Waals surface area contributed by atoms with Crippen LogP contribution in [0, 0.1) is 5.82 Å². The number of aromatic nitrogens is 5. The summed E-state index contributed by atoms with van der Waals surface area (Å²) in [5, 5.41) is 16.3. The predicted octanol–water partition coefficient (Wildman–Crippen LogP) is 3.81. The highest BCUT2D eigenvalue weighted by molar-refractivity contribution is 7.98. The normalized spacial score (nSPS) is 11.0. The number of halogens is 1. The fourth-order valence-electron chi connectivity index (χ4n) is 2.08. The maximum atomic E-state index is 13.9. The van der Waals surface area contributed by atoms with Gasteiger partial charge in [-0.2, -0.15) is 16.3 Å². The first kappa shape index (κ1) is 15.0. The minimum absolute atomic E-state index is 0.336. The van der Waals surface area contributed by atoms with E-state index in [1.807, 2.05) is 16.8 Å². The lowest BCUT2D eigenvalue weighted by Crippen LogP contribution is -1.98. The molecule has 4 rings (SSSR count). The van der Waals surface area contributed by atoms with Gasteiger partial charge in [-0.3, -0.25) is 4.57 Å². The number of hydrogen-bond donors (Lipinski definition) is 0. The highest BCUT2D eigenvalue weighted by atomic mass is 32.2. The molecule has 0 aliphatic heterocycles. The van der Waals surface area contributed by atoms with Gasteiger partial charge in [0, 0.05) is 10.9 Å². The van der Waals surface area contributed by atoms with E-state index in [1.54, 1.807) is 34.1 Å². The van der Waals surface area contributed by atoms with E-state index in [4.69, 9.17) is 4.52 Å². The topological polar surface area (TPSA) is 69.6 Å². The Morgan fingerprint density at radius 2 is 2.17 bits per heavy atom. The number of thiophene rings is 1. The van der Waals surface area contributed by atoms with Gasteiger partial charge < -0.3 is 4.52 Å². The van der Waals surface area contributed by atoms with Crippen molar-refractivity contribution in [1.82, 2.24) is 24.9 Å². The fourth-order valence-corrected chi connectivity index (χ4v) is 3.48. The highest BCUT2D eigenvalue weighted by Crippen LogP contribution is 2.25. The first-order valence-electron chi connectivity index (χ1n) is 6.94. The monoisotopic (exact) mass is 359 g/mol. The second kappa shape index (κ2) is 6.54. The van der Waals surface area contributed by atoms with Crippen molar-refractivity contribution in [2.75, 3.05) is 0 Å². The number of para-hydroxylation sites is 1. The van der Waals surface area contributed by atoms with Gasteiger partial charge in [-0.1, -0.05) is 29.1 Å². The van der Waals surface area contributed by atoms with Crippen molar-refractivity contribution in [3.63, 3.8) is 0 Å². The third kappa shape index (κ3) is 2.95. The molecule has 0 saturated carbocycles. The summed E-state index contributed by atoms with van der Waals surface area (Å²) in [6, 6.07) is 8.40. The predicted molar refractivity (Wildman–Crippen MR) is 88.5 cm³/mol. The van der Waals surface area contributed by atoms with Crippen LogP contribution in [0.3, 0.4) is 0 Å². The summed E-state index contributed by atoms with van der Waals surface area (Å²) in [7, 11) is 0. The molecule has 0 aliphatic rings. The van der Waals surface area contributed by atoms with Gasteiger partial charge in [-0.25, -0.2) is 4.39 Å². The van der Waals surface area contributed by atoms with Crippen LogP contribution in [-0.2, 0) is 5.75 Å². The van der Waals surface area contributed by atoms with Gasteiger partial charge in [-0.05, 0) is 23.6 Å². The molecule has 6 nitrogen and oxygen atoms in total. The molecule has 4 aromatic rings. The Labute approximate surface area is 144 Å². The van der Waals surface area contributed by atoms with Gasteiger partial charge in [0.2, 0.25) is 11.7 Å². The van der Waals surface area contributed by atoms with Crippen LogP contribution in [0.25, 0.3) is 17.1 Å². The second-order valence-electron chi connectivity index (χ2n) is 4.75. The number of thioether (sulfide) groups is 1. The van der Waals surface area contributed by atoms with Crippen molar-refractivity contribution in [2.24, 2.45) is 0 Å². The van der Waals surface area contributed by atoms with Crippen molar-refractivity contribution in [3.8, 4) is 17.1 Å². The molecule has 3 aromatic heterocycles. The van der Waals surface area contributed by atoms with Crippen molar-refractivity contribution in [2.45, 2.75) is 10.9 Å². The summed E-state index contributed by atoms with van der Waals surface area (Å²) in [6.07, 6.45) is 1.48. The fraction of sp³-hybridized carbons (Fsp3) is 0.0667. The van der Waals surface area contributed by atoms with Crippen LogP contribution in [0.15, 0.2) is 57.1 Å². The Morgan fingerprint density at radius 1 is 1.25 bits per heavy atom. The molecule has 0 aliphatic carbocycles. The Hall–Kier alpha value is -2.52. The largest absolute Gasteiger partial charge is 0.338 e. The lowest BCUT2D eigenvalue weighted by Gasteiger charge is -2.05. The summed E-state index contributed by atoms with van der Waals surface area (Å²) < 4.78 is 20.8. The summed E-state index contributed by atoms with van der Waals surface area (Å²) in [6.45, 7) is 0. The van der Waals surface area contributed by atoms with E-state index in [0.29, 0.717) is 28.3 Å². The van der Waals surface area contributed by atoms with Gasteiger partial charge in [0.25, 0.3) is 0 Å². The highest BCUT2D eigenvalue weighted by Gasteiger charge is 2.14. The number of nitrogens with zero attached hydrogens (tertiary/aromatic N) is 5. The van der Waals surface area contributed by atoms with Gasteiger partial charge in [-0.15, -0.1) is 10.2 Å². The molecule has 0 saturated heterocycles. The van der Waals surface area contributed by atoms with Crippen molar-refractivity contribution in [3.05, 3.63) is 59.1 Å². The molecule has 0 N–H and O–H groups in total. The molecular weight excluding hydrogens is 349 g/mol. The molecule has 24 heavy (non-hydrogen) atoms.